The van der Waals surface area contributed by atoms with Crippen molar-refractivity contribution in [3.63, 3.8) is 0 Å². The Labute approximate surface area is 165 Å². The van der Waals surface area contributed by atoms with Crippen LogP contribution in [0.15, 0.2) is 67.0 Å². The van der Waals surface area contributed by atoms with E-state index in [9.17, 15) is 18.4 Å². The molecule has 0 atom stereocenters. The fourth-order valence-electron chi connectivity index (χ4n) is 2.42. The largest absolute Gasteiger partial charge is 0.481 e. The van der Waals surface area contributed by atoms with Crippen LogP contribution in [0.4, 0.5) is 14.5 Å². The number of hydrogen-bond acceptors (Lipinski definition) is 4. The second-order valence-corrected chi connectivity index (χ2v) is 6.03. The Morgan fingerprint density at radius 2 is 1.69 bits per heavy atom. The fourth-order valence-corrected chi connectivity index (χ4v) is 2.42. The van der Waals surface area contributed by atoms with Gasteiger partial charge in [0.15, 0.2) is 18.2 Å². The number of rotatable bonds is 7. The molecule has 148 valence electrons. The van der Waals surface area contributed by atoms with Crippen LogP contribution in [0.1, 0.15) is 15.9 Å². The van der Waals surface area contributed by atoms with E-state index >= 15 is 0 Å². The second-order valence-electron chi connectivity index (χ2n) is 6.03. The van der Waals surface area contributed by atoms with Crippen molar-refractivity contribution in [2.75, 3.05) is 11.9 Å². The summed E-state index contributed by atoms with van der Waals surface area (Å²) in [7, 11) is 0. The third-order valence-corrected chi connectivity index (χ3v) is 3.89. The van der Waals surface area contributed by atoms with Gasteiger partial charge in [0, 0.05) is 36.3 Å². The van der Waals surface area contributed by atoms with Crippen LogP contribution < -0.4 is 15.4 Å². The van der Waals surface area contributed by atoms with E-state index in [1.807, 2.05) is 0 Å². The lowest BCUT2D eigenvalue weighted by molar-refractivity contribution is -0.118. The molecule has 0 spiro atoms. The van der Waals surface area contributed by atoms with Gasteiger partial charge in [0.05, 0.1) is 0 Å². The maximum Gasteiger partial charge on any atom is 0.262 e. The Hall–Kier alpha value is -3.81. The standard InChI is InChI=1S/C21H17F2N3O3/c22-16-3-6-19(18(23)11-16)29-13-20(27)26-17-4-1-15(2-5-17)21(28)25-12-14-7-9-24-10-8-14/h1-11H,12-13H2,(H,25,28)(H,26,27). The van der Waals surface area contributed by atoms with Crippen molar-refractivity contribution in [3.05, 3.63) is 89.8 Å². The number of anilines is 1. The second kappa shape index (κ2) is 9.41. The summed E-state index contributed by atoms with van der Waals surface area (Å²) in [5.41, 5.74) is 1.81. The number of amides is 2. The number of hydrogen-bond donors (Lipinski definition) is 2. The van der Waals surface area contributed by atoms with Crippen molar-refractivity contribution in [1.29, 1.82) is 0 Å². The van der Waals surface area contributed by atoms with Gasteiger partial charge >= 0.3 is 0 Å². The number of benzene rings is 2. The summed E-state index contributed by atoms with van der Waals surface area (Å²) in [6.45, 7) is -0.0755. The monoisotopic (exact) mass is 397 g/mol. The summed E-state index contributed by atoms with van der Waals surface area (Å²) in [5, 5.41) is 5.35. The summed E-state index contributed by atoms with van der Waals surface area (Å²) < 4.78 is 31.4. The molecule has 3 aromatic rings. The number of nitrogens with one attached hydrogen (secondary N) is 2. The van der Waals surface area contributed by atoms with E-state index in [1.165, 1.54) is 0 Å². The average Bonchev–Trinajstić information content (AvgIpc) is 2.72. The number of ether oxygens (including phenoxy) is 1. The number of pyridine rings is 1. The van der Waals surface area contributed by atoms with Gasteiger partial charge in [0.25, 0.3) is 11.8 Å². The third kappa shape index (κ3) is 5.83. The van der Waals surface area contributed by atoms with Crippen molar-refractivity contribution >= 4 is 17.5 Å². The minimum Gasteiger partial charge on any atom is -0.481 e. The summed E-state index contributed by atoms with van der Waals surface area (Å²) in [6, 6.07) is 12.7. The van der Waals surface area contributed by atoms with E-state index in [1.54, 1.807) is 48.8 Å². The van der Waals surface area contributed by atoms with Gasteiger partial charge in [-0.3, -0.25) is 14.6 Å². The van der Waals surface area contributed by atoms with Crippen LogP contribution in [0, 0.1) is 11.6 Å². The number of carbonyl (C=O) groups excluding carboxylic acids is 2. The maximum atomic E-state index is 13.5. The van der Waals surface area contributed by atoms with Gasteiger partial charge in [-0.1, -0.05) is 0 Å². The predicted octanol–water partition coefficient (Wildman–Crippen LogP) is 3.31. The highest BCUT2D eigenvalue weighted by atomic mass is 19.1. The number of carbonyl (C=O) groups is 2. The summed E-state index contributed by atoms with van der Waals surface area (Å²) >= 11 is 0. The van der Waals surface area contributed by atoms with E-state index in [2.05, 4.69) is 15.6 Å². The van der Waals surface area contributed by atoms with Gasteiger partial charge in [0.2, 0.25) is 0 Å². The lowest BCUT2D eigenvalue weighted by Gasteiger charge is -2.09. The topological polar surface area (TPSA) is 80.3 Å². The molecule has 0 bridgehead atoms. The van der Waals surface area contributed by atoms with E-state index in [0.29, 0.717) is 23.9 Å². The van der Waals surface area contributed by atoms with Crippen molar-refractivity contribution in [2.45, 2.75) is 6.54 Å². The fraction of sp³-hybridized carbons (Fsp3) is 0.0952. The van der Waals surface area contributed by atoms with Crippen LogP contribution in [0.3, 0.4) is 0 Å². The maximum absolute atomic E-state index is 13.5. The molecule has 0 saturated heterocycles. The van der Waals surface area contributed by atoms with Gasteiger partial charge in [-0.05, 0) is 54.1 Å². The molecule has 0 radical (unpaired) electrons. The van der Waals surface area contributed by atoms with E-state index in [0.717, 1.165) is 17.7 Å². The van der Waals surface area contributed by atoms with Crippen LogP contribution in [0.5, 0.6) is 5.75 Å². The number of aromatic nitrogens is 1. The SMILES string of the molecule is O=C(COc1ccc(F)cc1F)Nc1ccc(C(=O)NCc2ccncc2)cc1. The zero-order valence-corrected chi connectivity index (χ0v) is 15.2. The summed E-state index contributed by atoms with van der Waals surface area (Å²) in [4.78, 5) is 28.0. The Balaban J connectivity index is 1.49. The van der Waals surface area contributed by atoms with Gasteiger partial charge < -0.3 is 15.4 Å². The molecule has 0 unspecified atom stereocenters. The van der Waals surface area contributed by atoms with Gasteiger partial charge in [-0.15, -0.1) is 0 Å². The van der Waals surface area contributed by atoms with Gasteiger partial charge in [-0.25, -0.2) is 8.78 Å². The van der Waals surface area contributed by atoms with Crippen LogP contribution in [0.25, 0.3) is 0 Å². The first-order valence-electron chi connectivity index (χ1n) is 8.66. The Bertz CT molecular complexity index is 996. The zero-order chi connectivity index (χ0) is 20.6. The molecule has 0 fully saturated rings. The van der Waals surface area contributed by atoms with Crippen molar-refractivity contribution in [3.8, 4) is 5.75 Å². The van der Waals surface area contributed by atoms with Crippen LogP contribution in [0.2, 0.25) is 0 Å². The molecular weight excluding hydrogens is 380 g/mol. The lowest BCUT2D eigenvalue weighted by atomic mass is 10.2. The first kappa shape index (κ1) is 19.9. The van der Waals surface area contributed by atoms with Crippen molar-refractivity contribution in [1.82, 2.24) is 10.3 Å². The molecule has 0 aliphatic rings. The highest BCUT2D eigenvalue weighted by Crippen LogP contribution is 2.17. The molecule has 6 nitrogen and oxygen atoms in total. The summed E-state index contributed by atoms with van der Waals surface area (Å²) in [5.74, 6) is -2.62. The highest BCUT2D eigenvalue weighted by Gasteiger charge is 2.10. The van der Waals surface area contributed by atoms with Gasteiger partial charge in [0.1, 0.15) is 5.82 Å². The van der Waals surface area contributed by atoms with E-state index < -0.39 is 24.1 Å². The lowest BCUT2D eigenvalue weighted by Crippen LogP contribution is -2.23. The molecular formula is C21H17F2N3O3. The Morgan fingerprint density at radius 1 is 0.966 bits per heavy atom. The first-order chi connectivity index (χ1) is 14.0. The smallest absolute Gasteiger partial charge is 0.262 e. The van der Waals surface area contributed by atoms with Crippen LogP contribution >= 0.6 is 0 Å². The van der Waals surface area contributed by atoms with Crippen molar-refractivity contribution < 1.29 is 23.1 Å². The molecule has 1 heterocycles. The molecule has 0 aliphatic heterocycles. The highest BCUT2D eigenvalue weighted by molar-refractivity contribution is 5.96. The first-order valence-corrected chi connectivity index (χ1v) is 8.66. The predicted molar refractivity (Wildman–Crippen MR) is 102 cm³/mol. The molecule has 2 amide bonds. The minimum absolute atomic E-state index is 0.220. The zero-order valence-electron chi connectivity index (χ0n) is 15.2. The summed E-state index contributed by atoms with van der Waals surface area (Å²) in [6.07, 6.45) is 3.29. The Kier molecular flexibility index (Phi) is 6.47. The molecule has 0 aliphatic carbocycles. The average molecular weight is 397 g/mol. The molecule has 8 heteroatoms. The normalized spacial score (nSPS) is 10.3. The van der Waals surface area contributed by atoms with Crippen molar-refractivity contribution in [2.24, 2.45) is 0 Å². The molecule has 0 saturated carbocycles. The molecule has 2 N–H and O–H groups in total. The molecule has 2 aromatic carbocycles. The van der Waals surface area contributed by atoms with Gasteiger partial charge in [-0.2, -0.15) is 0 Å². The molecule has 1 aromatic heterocycles. The third-order valence-electron chi connectivity index (χ3n) is 3.89. The van der Waals surface area contributed by atoms with E-state index in [4.69, 9.17) is 4.74 Å². The quantitative estimate of drug-likeness (QED) is 0.641. The molecule has 3 rings (SSSR count). The Morgan fingerprint density at radius 3 is 2.38 bits per heavy atom. The molecule has 29 heavy (non-hydrogen) atoms. The van der Waals surface area contributed by atoms with Crippen LogP contribution in [-0.2, 0) is 11.3 Å². The van der Waals surface area contributed by atoms with E-state index in [-0.39, 0.29) is 11.7 Å². The minimum atomic E-state index is -0.889. The number of halogens is 2. The van der Waals surface area contributed by atoms with Crippen LogP contribution in [-0.4, -0.2) is 23.4 Å². The number of nitrogens with zero attached hydrogens (tertiary/aromatic N) is 1.